The summed E-state index contributed by atoms with van der Waals surface area (Å²) in [6.07, 6.45) is -4.48. The van der Waals surface area contributed by atoms with Crippen LogP contribution in [-0.2, 0) is 11.0 Å². The minimum atomic E-state index is -4.58. The van der Waals surface area contributed by atoms with Crippen LogP contribution in [0.25, 0.3) is 0 Å². The number of carbonyl (C=O) groups excluding carboxylic acids is 2. The molecule has 3 amide bonds. The first-order chi connectivity index (χ1) is 18.1. The molecule has 0 aliphatic carbocycles. The first kappa shape index (κ1) is 26.1. The second kappa shape index (κ2) is 10.3. The largest absolute Gasteiger partial charge is 0.416 e. The highest BCUT2D eigenvalue weighted by Gasteiger charge is 2.45. The predicted molar refractivity (Wildman–Crippen MR) is 138 cm³/mol. The number of nitrogens with one attached hydrogen (secondary N) is 1. The van der Waals surface area contributed by atoms with E-state index in [-0.39, 0.29) is 36.9 Å². The average Bonchev–Trinajstić information content (AvgIpc) is 3.29. The Morgan fingerprint density at radius 3 is 2.37 bits per heavy atom. The molecule has 2 unspecified atom stereocenters. The van der Waals surface area contributed by atoms with Gasteiger partial charge in [0.1, 0.15) is 11.9 Å². The topological polar surface area (TPSA) is 65.0 Å². The molecule has 2 aliphatic rings. The molecule has 6 nitrogen and oxygen atoms in total. The Morgan fingerprint density at radius 1 is 0.974 bits per heavy atom. The van der Waals surface area contributed by atoms with Gasteiger partial charge >= 0.3 is 12.2 Å². The molecular formula is C27H21Cl2F3N4O2. The summed E-state index contributed by atoms with van der Waals surface area (Å²) >= 11 is 12.6. The Hall–Kier alpha value is -3.56. The van der Waals surface area contributed by atoms with E-state index in [1.807, 2.05) is 0 Å². The molecule has 0 saturated carbocycles. The van der Waals surface area contributed by atoms with Crippen molar-refractivity contribution in [3.8, 4) is 0 Å². The average molecular weight is 561 g/mol. The van der Waals surface area contributed by atoms with Crippen LogP contribution in [0.1, 0.15) is 40.8 Å². The highest BCUT2D eigenvalue weighted by molar-refractivity contribution is 6.34. The summed E-state index contributed by atoms with van der Waals surface area (Å²) in [6, 6.07) is 16.3. The molecule has 196 valence electrons. The minimum absolute atomic E-state index is 0.0368. The molecule has 0 bridgehead atoms. The maximum Gasteiger partial charge on any atom is 0.416 e. The summed E-state index contributed by atoms with van der Waals surface area (Å²) in [5.74, 6) is 0.0313. The lowest BCUT2D eigenvalue weighted by Gasteiger charge is -2.36. The van der Waals surface area contributed by atoms with Gasteiger partial charge in [-0.15, -0.1) is 0 Å². The quantitative estimate of drug-likeness (QED) is 0.399. The van der Waals surface area contributed by atoms with E-state index in [1.165, 1.54) is 15.9 Å². The number of hydrogen-bond acceptors (Lipinski definition) is 3. The smallest absolute Gasteiger partial charge is 0.338 e. The van der Waals surface area contributed by atoms with E-state index in [2.05, 4.69) is 5.32 Å². The Bertz CT molecular complexity index is 1400. The molecule has 11 heteroatoms. The van der Waals surface area contributed by atoms with E-state index < -0.39 is 29.9 Å². The highest BCUT2D eigenvalue weighted by atomic mass is 35.5. The third-order valence-electron chi connectivity index (χ3n) is 6.50. The third kappa shape index (κ3) is 5.08. The van der Waals surface area contributed by atoms with E-state index >= 15 is 0 Å². The van der Waals surface area contributed by atoms with Crippen LogP contribution in [0.3, 0.4) is 0 Å². The van der Waals surface area contributed by atoms with Crippen molar-refractivity contribution in [2.45, 2.75) is 24.7 Å². The number of carbonyl (C=O) groups is 2. The van der Waals surface area contributed by atoms with E-state index in [0.29, 0.717) is 21.2 Å². The number of alkyl halides is 3. The van der Waals surface area contributed by atoms with Gasteiger partial charge in [0.05, 0.1) is 23.3 Å². The first-order valence-corrected chi connectivity index (χ1v) is 12.5. The van der Waals surface area contributed by atoms with Crippen LogP contribution in [0, 0.1) is 0 Å². The van der Waals surface area contributed by atoms with E-state index in [9.17, 15) is 22.8 Å². The summed E-state index contributed by atoms with van der Waals surface area (Å²) < 4.78 is 41.1. The maximum absolute atomic E-state index is 14.0. The number of hydrogen-bond donors (Lipinski definition) is 1. The van der Waals surface area contributed by atoms with Gasteiger partial charge in [-0.25, -0.2) is 4.79 Å². The fraction of sp³-hybridized carbons (Fsp3) is 0.222. The van der Waals surface area contributed by atoms with Gasteiger partial charge in [-0.3, -0.25) is 14.7 Å². The molecule has 2 heterocycles. The number of amides is 3. The van der Waals surface area contributed by atoms with Gasteiger partial charge in [-0.2, -0.15) is 13.2 Å². The van der Waals surface area contributed by atoms with Crippen LogP contribution in [0.2, 0.25) is 10.0 Å². The number of nitrogens with zero attached hydrogens (tertiary/aromatic N) is 3. The number of aliphatic imine (C=N–C) groups is 1. The van der Waals surface area contributed by atoms with Crippen molar-refractivity contribution in [3.63, 3.8) is 0 Å². The number of urea groups is 1. The van der Waals surface area contributed by atoms with Crippen LogP contribution >= 0.6 is 23.2 Å². The van der Waals surface area contributed by atoms with Gasteiger partial charge in [-0.1, -0.05) is 59.6 Å². The fourth-order valence-electron chi connectivity index (χ4n) is 4.64. The second-order valence-corrected chi connectivity index (χ2v) is 9.76. The van der Waals surface area contributed by atoms with E-state index in [4.69, 9.17) is 28.2 Å². The third-order valence-corrected chi connectivity index (χ3v) is 7.08. The van der Waals surface area contributed by atoms with Crippen molar-refractivity contribution in [2.24, 2.45) is 4.99 Å². The van der Waals surface area contributed by atoms with Crippen LogP contribution in [0.15, 0.2) is 77.8 Å². The zero-order valence-corrected chi connectivity index (χ0v) is 21.3. The van der Waals surface area contributed by atoms with Gasteiger partial charge < -0.3 is 10.2 Å². The molecule has 1 fully saturated rings. The summed E-state index contributed by atoms with van der Waals surface area (Å²) in [6.45, 7) is 0.114. The summed E-state index contributed by atoms with van der Waals surface area (Å²) in [7, 11) is 0. The minimum Gasteiger partial charge on any atom is -0.338 e. The summed E-state index contributed by atoms with van der Waals surface area (Å²) in [4.78, 5) is 33.5. The normalized spacial score (nSPS) is 19.8. The molecule has 5 rings (SSSR count). The lowest BCUT2D eigenvalue weighted by Crippen LogP contribution is -2.53. The van der Waals surface area contributed by atoms with Crippen molar-refractivity contribution in [1.82, 2.24) is 15.1 Å². The van der Waals surface area contributed by atoms with Crippen LogP contribution < -0.4 is 5.32 Å². The van der Waals surface area contributed by atoms with Crippen molar-refractivity contribution in [2.75, 3.05) is 13.2 Å². The van der Waals surface area contributed by atoms with Gasteiger partial charge in [0.2, 0.25) is 5.91 Å². The molecule has 0 aromatic heterocycles. The second-order valence-electron chi connectivity index (χ2n) is 8.92. The Kier molecular flexibility index (Phi) is 7.07. The molecule has 1 N–H and O–H groups in total. The van der Waals surface area contributed by atoms with E-state index in [0.717, 1.165) is 12.1 Å². The zero-order valence-electron chi connectivity index (χ0n) is 19.8. The Balaban J connectivity index is 1.69. The molecular weight excluding hydrogens is 540 g/mol. The van der Waals surface area contributed by atoms with Crippen molar-refractivity contribution >= 4 is 41.0 Å². The van der Waals surface area contributed by atoms with Gasteiger partial charge in [-0.05, 0) is 47.5 Å². The lowest BCUT2D eigenvalue weighted by atomic mass is 9.92. The number of benzene rings is 3. The molecule has 1 saturated heterocycles. The molecule has 3 aromatic rings. The highest BCUT2D eigenvalue weighted by Crippen LogP contribution is 2.46. The Morgan fingerprint density at radius 2 is 1.71 bits per heavy atom. The number of rotatable bonds is 3. The fourth-order valence-corrected chi connectivity index (χ4v) is 4.99. The van der Waals surface area contributed by atoms with Crippen LogP contribution in [0.4, 0.5) is 18.0 Å². The van der Waals surface area contributed by atoms with Gasteiger partial charge in [0.25, 0.3) is 0 Å². The maximum atomic E-state index is 14.0. The molecule has 2 aliphatic heterocycles. The standard InChI is InChI=1S/C27H21Cl2F3N4O2/c28-19-10-8-16(9-11-19)23-24(17-4-3-5-18(14-17)27(30,31)32)36(26(38)35-13-12-22(37)33-15-35)25(34-23)20-6-1-2-7-21(20)29/h1-11,14,23-24H,12-13,15H2,(H,33,37). The number of amidine groups is 1. The van der Waals surface area contributed by atoms with Gasteiger partial charge in [0, 0.05) is 23.6 Å². The van der Waals surface area contributed by atoms with Crippen molar-refractivity contribution in [3.05, 3.63) is 105 Å². The predicted octanol–water partition coefficient (Wildman–Crippen LogP) is 6.46. The molecule has 0 spiro atoms. The Labute approximate surface area is 226 Å². The van der Waals surface area contributed by atoms with E-state index in [1.54, 1.807) is 54.6 Å². The van der Waals surface area contributed by atoms with Gasteiger partial charge in [0.15, 0.2) is 0 Å². The zero-order chi connectivity index (χ0) is 27.0. The van der Waals surface area contributed by atoms with Crippen molar-refractivity contribution < 1.29 is 22.8 Å². The molecule has 3 aromatic carbocycles. The molecule has 2 atom stereocenters. The molecule has 38 heavy (non-hydrogen) atoms. The summed E-state index contributed by atoms with van der Waals surface area (Å²) in [5, 5.41) is 3.46. The molecule has 0 radical (unpaired) electrons. The lowest BCUT2D eigenvalue weighted by molar-refractivity contribution is -0.137. The monoisotopic (exact) mass is 560 g/mol. The SMILES string of the molecule is O=C1CCN(C(=O)N2C(c3ccccc3Cl)=NC(c3ccc(Cl)cc3)C2c2cccc(C(F)(F)F)c2)CN1. The van der Waals surface area contributed by atoms with Crippen molar-refractivity contribution in [1.29, 1.82) is 0 Å². The van der Waals surface area contributed by atoms with Crippen LogP contribution in [0.5, 0.6) is 0 Å². The summed E-state index contributed by atoms with van der Waals surface area (Å²) in [5.41, 5.74) is 0.522. The van der Waals surface area contributed by atoms with Crippen LogP contribution in [-0.4, -0.2) is 40.8 Å². The first-order valence-electron chi connectivity index (χ1n) is 11.7. The number of halogens is 5.